The Morgan fingerprint density at radius 3 is 2.64 bits per heavy atom. The molecule has 0 aliphatic heterocycles. The van der Waals surface area contributed by atoms with Crippen molar-refractivity contribution in [2.75, 3.05) is 0 Å². The van der Waals surface area contributed by atoms with Crippen molar-refractivity contribution >= 4 is 15.9 Å². The lowest BCUT2D eigenvalue weighted by molar-refractivity contribution is 0.527. The smallest absolute Gasteiger partial charge is 0.0435 e. The van der Waals surface area contributed by atoms with Gasteiger partial charge in [-0.25, -0.2) is 0 Å². The van der Waals surface area contributed by atoms with Crippen LogP contribution in [0.1, 0.15) is 24.5 Å². The molecule has 57 valence electrons. The second-order valence-corrected chi connectivity index (χ2v) is 3.77. The number of rotatable bonds is 1. The molecule has 0 N–H and O–H groups in total. The van der Waals surface area contributed by atoms with Crippen molar-refractivity contribution in [3.63, 3.8) is 0 Å². The summed E-state index contributed by atoms with van der Waals surface area (Å²) in [5.74, 6) is 0.697. The van der Waals surface area contributed by atoms with Gasteiger partial charge in [-0.3, -0.25) is 4.98 Å². The van der Waals surface area contributed by atoms with E-state index in [4.69, 9.17) is 0 Å². The second-order valence-electron chi connectivity index (χ2n) is 2.86. The maximum Gasteiger partial charge on any atom is 0.0435 e. The molecule has 0 atom stereocenters. The Hall–Kier alpha value is -0.370. The molecular weight excluding hydrogens is 202 g/mol. The minimum absolute atomic E-state index is 0.697. The van der Waals surface area contributed by atoms with Crippen LogP contribution in [0.15, 0.2) is 22.8 Å². The molecule has 1 aromatic heterocycles. The molecule has 11 heavy (non-hydrogen) atoms. The van der Waals surface area contributed by atoms with Gasteiger partial charge in [-0.05, 0) is 47.3 Å². The van der Waals surface area contributed by atoms with Gasteiger partial charge < -0.3 is 0 Å². The lowest BCUT2D eigenvalue weighted by Gasteiger charge is -2.24. The van der Waals surface area contributed by atoms with Gasteiger partial charge in [0.05, 0.1) is 0 Å². The van der Waals surface area contributed by atoms with Gasteiger partial charge in [-0.15, -0.1) is 0 Å². The van der Waals surface area contributed by atoms with Crippen LogP contribution in [0.5, 0.6) is 0 Å². The average molecular weight is 211 g/mol. The number of nitrogens with zero attached hydrogens (tertiary/aromatic N) is 1. The number of hydrogen-bond acceptors (Lipinski definition) is 1. The predicted octanol–water partition coefficient (Wildman–Crippen LogP) is 2.93. The van der Waals surface area contributed by atoms with Crippen molar-refractivity contribution in [3.05, 3.63) is 34.9 Å². The monoisotopic (exact) mass is 210 g/mol. The minimum Gasteiger partial charge on any atom is -0.260 e. The van der Waals surface area contributed by atoms with Crippen molar-refractivity contribution in [1.29, 1.82) is 0 Å². The summed E-state index contributed by atoms with van der Waals surface area (Å²) in [6.07, 6.45) is 6.57. The molecule has 1 saturated carbocycles. The summed E-state index contributed by atoms with van der Waals surface area (Å²) in [5.41, 5.74) is 1.23. The van der Waals surface area contributed by atoms with Crippen LogP contribution in [0.25, 0.3) is 0 Å². The molecule has 0 amide bonds. The predicted molar refractivity (Wildman–Crippen MR) is 48.2 cm³/mol. The standard InChI is InChI=1S/C9H9BrN/c10-8-4-5-9(11-6-8)7-2-1-3-7/h1,4-7H,2-3H2. The Labute approximate surface area is 75.0 Å². The average Bonchev–Trinajstić information content (AvgIpc) is 1.90. The first kappa shape index (κ1) is 7.29. The highest BCUT2D eigenvalue weighted by Crippen LogP contribution is 2.34. The van der Waals surface area contributed by atoms with E-state index >= 15 is 0 Å². The minimum atomic E-state index is 0.697. The van der Waals surface area contributed by atoms with E-state index in [0.717, 1.165) is 4.47 Å². The van der Waals surface area contributed by atoms with Crippen LogP contribution in [-0.2, 0) is 0 Å². The lowest BCUT2D eigenvalue weighted by atomic mass is 9.83. The fourth-order valence-electron chi connectivity index (χ4n) is 1.20. The van der Waals surface area contributed by atoms with Crippen LogP contribution in [0, 0.1) is 6.42 Å². The molecule has 1 nitrogen and oxygen atoms in total. The highest BCUT2D eigenvalue weighted by molar-refractivity contribution is 9.10. The van der Waals surface area contributed by atoms with Gasteiger partial charge in [0.1, 0.15) is 0 Å². The second kappa shape index (κ2) is 2.94. The summed E-state index contributed by atoms with van der Waals surface area (Å²) in [6.45, 7) is 0. The number of halogens is 1. The largest absolute Gasteiger partial charge is 0.260 e. The molecule has 0 unspecified atom stereocenters. The van der Waals surface area contributed by atoms with Crippen LogP contribution in [0.4, 0.5) is 0 Å². The van der Waals surface area contributed by atoms with E-state index in [1.54, 1.807) is 0 Å². The van der Waals surface area contributed by atoms with Gasteiger partial charge in [-0.2, -0.15) is 0 Å². The zero-order valence-electron chi connectivity index (χ0n) is 6.13. The van der Waals surface area contributed by atoms with Crippen LogP contribution in [-0.4, -0.2) is 4.98 Å². The van der Waals surface area contributed by atoms with Gasteiger partial charge in [-0.1, -0.05) is 0 Å². The van der Waals surface area contributed by atoms with Gasteiger partial charge >= 0.3 is 0 Å². The molecule has 1 aromatic rings. The Morgan fingerprint density at radius 1 is 1.36 bits per heavy atom. The van der Waals surface area contributed by atoms with Crippen LogP contribution >= 0.6 is 15.9 Å². The van der Waals surface area contributed by atoms with Crippen LogP contribution in [0.2, 0.25) is 0 Å². The lowest BCUT2D eigenvalue weighted by Crippen LogP contribution is -2.10. The first-order chi connectivity index (χ1) is 5.36. The Morgan fingerprint density at radius 2 is 2.18 bits per heavy atom. The van der Waals surface area contributed by atoms with Gasteiger partial charge in [0, 0.05) is 22.3 Å². The molecule has 0 aromatic carbocycles. The molecule has 2 heteroatoms. The van der Waals surface area contributed by atoms with Crippen molar-refractivity contribution in [3.8, 4) is 0 Å². The van der Waals surface area contributed by atoms with Crippen molar-refractivity contribution in [2.45, 2.75) is 18.8 Å². The van der Waals surface area contributed by atoms with E-state index < -0.39 is 0 Å². The highest BCUT2D eigenvalue weighted by atomic mass is 79.9. The molecule has 1 fully saturated rings. The van der Waals surface area contributed by atoms with Crippen molar-refractivity contribution < 1.29 is 0 Å². The van der Waals surface area contributed by atoms with E-state index in [2.05, 4.69) is 39.5 Å². The SMILES string of the molecule is Brc1ccc(C2C[CH]C2)nc1. The van der Waals surface area contributed by atoms with E-state index in [9.17, 15) is 0 Å². The zero-order chi connectivity index (χ0) is 7.68. The molecule has 0 bridgehead atoms. The molecule has 1 radical (unpaired) electrons. The van der Waals surface area contributed by atoms with Crippen molar-refractivity contribution in [2.24, 2.45) is 0 Å². The summed E-state index contributed by atoms with van der Waals surface area (Å²) in [7, 11) is 0. The first-order valence-corrected chi connectivity index (χ1v) is 4.58. The zero-order valence-corrected chi connectivity index (χ0v) is 7.71. The van der Waals surface area contributed by atoms with Gasteiger partial charge in [0.25, 0.3) is 0 Å². The van der Waals surface area contributed by atoms with E-state index in [1.807, 2.05) is 6.20 Å². The third-order valence-electron chi connectivity index (χ3n) is 2.07. The van der Waals surface area contributed by atoms with Crippen LogP contribution < -0.4 is 0 Å². The highest BCUT2D eigenvalue weighted by Gasteiger charge is 2.20. The normalized spacial score (nSPS) is 17.9. The fourth-order valence-corrected chi connectivity index (χ4v) is 1.44. The Balaban J connectivity index is 2.18. The summed E-state index contributed by atoms with van der Waals surface area (Å²) in [6, 6.07) is 4.16. The van der Waals surface area contributed by atoms with Gasteiger partial charge in [0.2, 0.25) is 0 Å². The molecule has 0 saturated heterocycles. The Bertz CT molecular complexity index is 238. The molecule has 1 aliphatic carbocycles. The fraction of sp³-hybridized carbons (Fsp3) is 0.333. The molecule has 0 spiro atoms. The van der Waals surface area contributed by atoms with E-state index in [-0.39, 0.29) is 0 Å². The summed E-state index contributed by atoms with van der Waals surface area (Å²) >= 11 is 3.36. The Kier molecular flexibility index (Phi) is 1.95. The quantitative estimate of drug-likeness (QED) is 0.695. The maximum atomic E-state index is 4.33. The maximum absolute atomic E-state index is 4.33. The topological polar surface area (TPSA) is 12.9 Å². The molecule has 1 aliphatic rings. The summed E-state index contributed by atoms with van der Waals surface area (Å²) < 4.78 is 1.06. The summed E-state index contributed by atoms with van der Waals surface area (Å²) in [5, 5.41) is 0. The van der Waals surface area contributed by atoms with Crippen LogP contribution in [0.3, 0.4) is 0 Å². The number of hydrogen-bond donors (Lipinski definition) is 0. The third-order valence-corrected chi connectivity index (χ3v) is 2.54. The van der Waals surface area contributed by atoms with Crippen molar-refractivity contribution in [1.82, 2.24) is 4.98 Å². The molecule has 1 heterocycles. The molecular formula is C9H9BrN. The van der Waals surface area contributed by atoms with E-state index in [0.29, 0.717) is 5.92 Å². The third kappa shape index (κ3) is 1.45. The van der Waals surface area contributed by atoms with E-state index in [1.165, 1.54) is 18.5 Å². The first-order valence-electron chi connectivity index (χ1n) is 3.79. The summed E-state index contributed by atoms with van der Waals surface area (Å²) in [4.78, 5) is 4.33. The number of aromatic nitrogens is 1. The molecule has 2 rings (SSSR count). The van der Waals surface area contributed by atoms with Gasteiger partial charge in [0.15, 0.2) is 0 Å². The number of pyridine rings is 1.